The van der Waals surface area contributed by atoms with Gasteiger partial charge in [0, 0.05) is 48.1 Å². The summed E-state index contributed by atoms with van der Waals surface area (Å²) in [5.41, 5.74) is 3.71. The van der Waals surface area contributed by atoms with E-state index in [0.717, 1.165) is 16.8 Å². The molecule has 0 bridgehead atoms. The number of rotatable bonds is 4. The number of carbonyl (C=O) groups excluding carboxylic acids is 1. The quantitative estimate of drug-likeness (QED) is 0.547. The van der Waals surface area contributed by atoms with Crippen LogP contribution in [-0.2, 0) is 11.3 Å². The Morgan fingerprint density at radius 1 is 1.03 bits per heavy atom. The number of benzene rings is 2. The van der Waals surface area contributed by atoms with Crippen molar-refractivity contribution in [1.29, 1.82) is 0 Å². The van der Waals surface area contributed by atoms with Gasteiger partial charge in [-0.15, -0.1) is 0 Å². The molecule has 30 heavy (non-hydrogen) atoms. The second kappa shape index (κ2) is 7.46. The van der Waals surface area contributed by atoms with E-state index >= 15 is 0 Å². The minimum absolute atomic E-state index is 0.0829. The van der Waals surface area contributed by atoms with Crippen LogP contribution in [-0.4, -0.2) is 31.9 Å². The lowest BCUT2D eigenvalue weighted by Gasteiger charge is -2.16. The SMILES string of the molecule is O=C1C[C@@H](c2cc(=O)n3[nH]c(-c4cccc(Cl)c4)cc3n2)CN1Cc1ccccc1. The van der Waals surface area contributed by atoms with Crippen molar-refractivity contribution in [2.24, 2.45) is 0 Å². The molecule has 3 heterocycles. The summed E-state index contributed by atoms with van der Waals surface area (Å²) < 4.78 is 1.41. The van der Waals surface area contributed by atoms with Crippen LogP contribution in [0.4, 0.5) is 0 Å². The lowest BCUT2D eigenvalue weighted by Crippen LogP contribution is -2.24. The Hall–Kier alpha value is -3.38. The van der Waals surface area contributed by atoms with Crippen LogP contribution in [0.1, 0.15) is 23.6 Å². The Morgan fingerprint density at radius 3 is 2.67 bits per heavy atom. The molecule has 1 atom stereocenters. The van der Waals surface area contributed by atoms with Gasteiger partial charge in [-0.25, -0.2) is 9.50 Å². The topological polar surface area (TPSA) is 70.5 Å². The zero-order valence-corrected chi connectivity index (χ0v) is 16.8. The summed E-state index contributed by atoms with van der Waals surface area (Å²) in [6.07, 6.45) is 0.362. The Morgan fingerprint density at radius 2 is 1.87 bits per heavy atom. The number of amides is 1. The molecule has 150 valence electrons. The molecule has 1 N–H and O–H groups in total. The summed E-state index contributed by atoms with van der Waals surface area (Å²) in [6, 6.07) is 20.7. The van der Waals surface area contributed by atoms with Gasteiger partial charge in [0.2, 0.25) is 5.91 Å². The number of aromatic nitrogens is 3. The highest BCUT2D eigenvalue weighted by Gasteiger charge is 2.32. The Labute approximate surface area is 177 Å². The van der Waals surface area contributed by atoms with E-state index in [0.29, 0.717) is 35.9 Å². The van der Waals surface area contributed by atoms with E-state index in [-0.39, 0.29) is 17.4 Å². The second-order valence-corrected chi connectivity index (χ2v) is 7.99. The number of halogens is 1. The first-order valence-electron chi connectivity index (χ1n) is 9.77. The number of likely N-dealkylation sites (tertiary alicyclic amines) is 1. The van der Waals surface area contributed by atoms with Crippen molar-refractivity contribution in [3.8, 4) is 11.3 Å². The zero-order chi connectivity index (χ0) is 20.7. The smallest absolute Gasteiger partial charge is 0.272 e. The van der Waals surface area contributed by atoms with Crippen molar-refractivity contribution in [3.05, 3.63) is 93.4 Å². The predicted molar refractivity (Wildman–Crippen MR) is 115 cm³/mol. The standard InChI is InChI=1S/C23H19ClN4O2/c24-18-8-4-7-16(9-18)20-11-21-25-19(12-23(30)28(21)26-20)17-10-22(29)27(14-17)13-15-5-2-1-3-6-15/h1-9,11-12,17,26H,10,13-14H2/t17-/m1/s1. The zero-order valence-electron chi connectivity index (χ0n) is 16.1. The van der Waals surface area contributed by atoms with Crippen molar-refractivity contribution in [2.45, 2.75) is 18.9 Å². The molecule has 7 heteroatoms. The molecule has 6 nitrogen and oxygen atoms in total. The maximum absolute atomic E-state index is 12.7. The van der Waals surface area contributed by atoms with Crippen LogP contribution in [0.15, 0.2) is 71.5 Å². The molecule has 0 unspecified atom stereocenters. The van der Waals surface area contributed by atoms with Gasteiger partial charge in [0.15, 0.2) is 5.65 Å². The monoisotopic (exact) mass is 418 g/mol. The number of fused-ring (bicyclic) bond motifs is 1. The van der Waals surface area contributed by atoms with Crippen molar-refractivity contribution >= 4 is 23.2 Å². The third-order valence-electron chi connectivity index (χ3n) is 5.45. The molecule has 5 rings (SSSR count). The lowest BCUT2D eigenvalue weighted by atomic mass is 10.0. The first-order chi connectivity index (χ1) is 14.6. The average Bonchev–Trinajstić information content (AvgIpc) is 3.33. The van der Waals surface area contributed by atoms with E-state index in [4.69, 9.17) is 11.6 Å². The van der Waals surface area contributed by atoms with Crippen LogP contribution in [0, 0.1) is 0 Å². The van der Waals surface area contributed by atoms with Gasteiger partial charge in [0.05, 0.1) is 11.4 Å². The first-order valence-corrected chi connectivity index (χ1v) is 10.1. The van der Waals surface area contributed by atoms with E-state index in [9.17, 15) is 9.59 Å². The Kier molecular flexibility index (Phi) is 4.64. The largest absolute Gasteiger partial charge is 0.338 e. The molecule has 2 aromatic heterocycles. The van der Waals surface area contributed by atoms with Gasteiger partial charge in [-0.2, -0.15) is 0 Å². The molecule has 0 aliphatic carbocycles. The van der Waals surface area contributed by atoms with Gasteiger partial charge in [-0.3, -0.25) is 14.7 Å². The van der Waals surface area contributed by atoms with E-state index in [1.54, 1.807) is 6.07 Å². The highest BCUT2D eigenvalue weighted by Crippen LogP contribution is 2.28. The molecule has 0 spiro atoms. The third kappa shape index (κ3) is 3.50. The van der Waals surface area contributed by atoms with Crippen molar-refractivity contribution in [2.75, 3.05) is 6.54 Å². The number of H-pyrrole nitrogens is 1. The summed E-state index contributed by atoms with van der Waals surface area (Å²) in [5, 5.41) is 3.70. The molecule has 2 aromatic carbocycles. The van der Waals surface area contributed by atoms with Gasteiger partial charge >= 0.3 is 0 Å². The number of hydrogen-bond donors (Lipinski definition) is 1. The fraction of sp³-hybridized carbons (Fsp3) is 0.174. The number of nitrogens with one attached hydrogen (secondary N) is 1. The van der Waals surface area contributed by atoms with Crippen LogP contribution >= 0.6 is 11.6 Å². The molecular formula is C23H19ClN4O2. The number of hydrogen-bond acceptors (Lipinski definition) is 3. The van der Waals surface area contributed by atoms with Crippen LogP contribution in [0.5, 0.6) is 0 Å². The maximum Gasteiger partial charge on any atom is 0.272 e. The van der Waals surface area contributed by atoms with E-state index in [1.807, 2.05) is 59.5 Å². The van der Waals surface area contributed by atoms with E-state index in [2.05, 4.69) is 10.1 Å². The van der Waals surface area contributed by atoms with Gasteiger partial charge in [0.25, 0.3) is 5.56 Å². The molecule has 1 aliphatic rings. The molecule has 1 amide bonds. The summed E-state index contributed by atoms with van der Waals surface area (Å²) in [7, 11) is 0. The van der Waals surface area contributed by atoms with Crippen LogP contribution < -0.4 is 5.56 Å². The maximum atomic E-state index is 12.7. The lowest BCUT2D eigenvalue weighted by molar-refractivity contribution is -0.128. The average molecular weight is 419 g/mol. The Balaban J connectivity index is 1.44. The third-order valence-corrected chi connectivity index (χ3v) is 5.69. The highest BCUT2D eigenvalue weighted by atomic mass is 35.5. The molecule has 1 aliphatic heterocycles. The number of nitrogens with zero attached hydrogens (tertiary/aromatic N) is 3. The normalized spacial score (nSPS) is 16.5. The van der Waals surface area contributed by atoms with Gasteiger partial charge in [-0.1, -0.05) is 54.1 Å². The van der Waals surface area contributed by atoms with Crippen LogP contribution in [0.25, 0.3) is 16.9 Å². The molecule has 1 fully saturated rings. The van der Waals surface area contributed by atoms with Gasteiger partial charge in [0.1, 0.15) is 0 Å². The van der Waals surface area contributed by atoms with E-state index in [1.165, 1.54) is 10.6 Å². The van der Waals surface area contributed by atoms with E-state index < -0.39 is 0 Å². The minimum atomic E-state index is -0.197. The predicted octanol–water partition coefficient (Wildman–Crippen LogP) is 3.86. The molecule has 1 saturated heterocycles. The minimum Gasteiger partial charge on any atom is -0.338 e. The first kappa shape index (κ1) is 18.6. The van der Waals surface area contributed by atoms with Crippen molar-refractivity contribution in [1.82, 2.24) is 19.5 Å². The fourth-order valence-corrected chi connectivity index (χ4v) is 4.14. The number of carbonyl (C=O) groups is 1. The van der Waals surface area contributed by atoms with Crippen LogP contribution in [0.3, 0.4) is 0 Å². The van der Waals surface area contributed by atoms with Crippen molar-refractivity contribution < 1.29 is 4.79 Å². The fourth-order valence-electron chi connectivity index (χ4n) is 3.95. The summed E-state index contributed by atoms with van der Waals surface area (Å²) in [4.78, 5) is 31.7. The molecular weight excluding hydrogens is 400 g/mol. The highest BCUT2D eigenvalue weighted by molar-refractivity contribution is 6.30. The summed E-state index contributed by atoms with van der Waals surface area (Å²) in [6.45, 7) is 1.13. The van der Waals surface area contributed by atoms with Gasteiger partial charge in [-0.05, 0) is 17.7 Å². The van der Waals surface area contributed by atoms with Crippen molar-refractivity contribution in [3.63, 3.8) is 0 Å². The van der Waals surface area contributed by atoms with Crippen LogP contribution in [0.2, 0.25) is 5.02 Å². The molecule has 0 radical (unpaired) electrons. The second-order valence-electron chi connectivity index (χ2n) is 7.55. The summed E-state index contributed by atoms with van der Waals surface area (Å²) >= 11 is 6.09. The van der Waals surface area contributed by atoms with Gasteiger partial charge < -0.3 is 4.90 Å². The summed E-state index contributed by atoms with van der Waals surface area (Å²) in [5.74, 6) is -0.0111. The molecule has 4 aromatic rings. The Bertz CT molecular complexity index is 1300. The molecule has 0 saturated carbocycles. The number of aromatic amines is 1.